The molecule has 0 atom stereocenters. The van der Waals surface area contributed by atoms with Gasteiger partial charge in [0, 0.05) is 68.1 Å². The van der Waals surface area contributed by atoms with Crippen molar-refractivity contribution >= 4 is 55.6 Å². The van der Waals surface area contributed by atoms with Crippen molar-refractivity contribution < 1.29 is 4.42 Å². The summed E-state index contributed by atoms with van der Waals surface area (Å²) < 4.78 is 8.60. The first-order valence-electron chi connectivity index (χ1n) is 14.1. The van der Waals surface area contributed by atoms with Gasteiger partial charge in [-0.15, -0.1) is 22.7 Å². The smallest absolute Gasteiger partial charge is 0.227 e. The van der Waals surface area contributed by atoms with Crippen LogP contribution < -0.4 is 0 Å². The molecule has 44 heavy (non-hydrogen) atoms. The maximum Gasteiger partial charge on any atom is 0.227 e. The van der Waals surface area contributed by atoms with Crippen molar-refractivity contribution in [2.45, 2.75) is 0 Å². The standard InChI is InChI=1S/C36H21N5OS2/c1-2-13-37-29(6-1)22-4-3-5-26(18-22)41-31-11-8-24(35-38-14-16-43-35)19-28(31)27-10-7-23(21-32(27)41)34-40-30-20-25(9-12-33(30)42-34)36-39-15-17-44-36/h1-21H. The number of hydrogen-bond donors (Lipinski definition) is 0. The van der Waals surface area contributed by atoms with E-state index in [1.54, 1.807) is 22.7 Å². The van der Waals surface area contributed by atoms with Crippen LogP contribution in [0.5, 0.6) is 0 Å². The molecule has 9 aromatic rings. The molecule has 0 amide bonds. The SMILES string of the molecule is c1ccc(-c2cccc(-n3c4ccc(-c5nccs5)cc4c4ccc(-c5nc6cc(-c7nccs7)ccc6o5)cc43)c2)nc1. The van der Waals surface area contributed by atoms with Gasteiger partial charge >= 0.3 is 0 Å². The highest BCUT2D eigenvalue weighted by molar-refractivity contribution is 7.13. The van der Waals surface area contributed by atoms with Crippen molar-refractivity contribution in [1.29, 1.82) is 0 Å². The second-order valence-corrected chi connectivity index (χ2v) is 12.2. The zero-order valence-corrected chi connectivity index (χ0v) is 24.7. The largest absolute Gasteiger partial charge is 0.436 e. The van der Waals surface area contributed by atoms with Gasteiger partial charge < -0.3 is 8.98 Å². The summed E-state index contributed by atoms with van der Waals surface area (Å²) in [6.45, 7) is 0. The second-order valence-electron chi connectivity index (χ2n) is 10.4. The first kappa shape index (κ1) is 25.1. The van der Waals surface area contributed by atoms with E-state index in [0.717, 1.165) is 76.6 Å². The normalized spacial score (nSPS) is 11.6. The third kappa shape index (κ3) is 4.15. The first-order chi connectivity index (χ1) is 21.8. The molecule has 0 spiro atoms. The van der Waals surface area contributed by atoms with Gasteiger partial charge in [-0.05, 0) is 72.8 Å². The Kier molecular flexibility index (Phi) is 5.75. The molecule has 9 rings (SSSR count). The molecule has 0 aliphatic carbocycles. The molecular formula is C36H21N5OS2. The predicted molar refractivity (Wildman–Crippen MR) is 179 cm³/mol. The molecule has 0 saturated heterocycles. The molecule has 0 aliphatic rings. The highest BCUT2D eigenvalue weighted by Gasteiger charge is 2.18. The first-order valence-corrected chi connectivity index (χ1v) is 15.9. The molecule has 0 unspecified atom stereocenters. The third-order valence-corrected chi connectivity index (χ3v) is 9.47. The van der Waals surface area contributed by atoms with E-state index in [4.69, 9.17) is 9.40 Å². The maximum absolute atomic E-state index is 6.29. The molecule has 5 heterocycles. The Hall–Kier alpha value is -5.44. The van der Waals surface area contributed by atoms with E-state index in [9.17, 15) is 0 Å². The summed E-state index contributed by atoms with van der Waals surface area (Å²) in [4.78, 5) is 18.5. The van der Waals surface area contributed by atoms with Gasteiger partial charge in [0.15, 0.2) is 5.58 Å². The van der Waals surface area contributed by atoms with Crippen LogP contribution in [-0.2, 0) is 0 Å². The van der Waals surface area contributed by atoms with Crippen LogP contribution in [0.1, 0.15) is 0 Å². The van der Waals surface area contributed by atoms with Crippen molar-refractivity contribution in [3.8, 4) is 49.5 Å². The zero-order chi connectivity index (χ0) is 29.0. The number of benzene rings is 4. The molecule has 208 valence electrons. The van der Waals surface area contributed by atoms with Crippen LogP contribution in [0.15, 0.2) is 131 Å². The van der Waals surface area contributed by atoms with Crippen molar-refractivity contribution in [3.05, 3.63) is 126 Å². The van der Waals surface area contributed by atoms with Crippen LogP contribution in [0.4, 0.5) is 0 Å². The van der Waals surface area contributed by atoms with Crippen LogP contribution in [0.2, 0.25) is 0 Å². The fraction of sp³-hybridized carbons (Fsp3) is 0. The van der Waals surface area contributed by atoms with Crippen LogP contribution in [-0.4, -0.2) is 24.5 Å². The summed E-state index contributed by atoms with van der Waals surface area (Å²) >= 11 is 3.26. The van der Waals surface area contributed by atoms with Gasteiger partial charge in [-0.2, -0.15) is 0 Å². The van der Waals surface area contributed by atoms with E-state index in [1.165, 1.54) is 0 Å². The minimum Gasteiger partial charge on any atom is -0.436 e. The van der Waals surface area contributed by atoms with Gasteiger partial charge in [-0.3, -0.25) is 4.98 Å². The Balaban J connectivity index is 1.25. The Labute approximate surface area is 259 Å². The summed E-state index contributed by atoms with van der Waals surface area (Å²) in [5, 5.41) is 8.27. The van der Waals surface area contributed by atoms with E-state index in [0.29, 0.717) is 5.89 Å². The van der Waals surface area contributed by atoms with Crippen LogP contribution in [0.25, 0.3) is 82.4 Å². The van der Waals surface area contributed by atoms with Crippen LogP contribution >= 0.6 is 22.7 Å². The number of aromatic nitrogens is 5. The van der Waals surface area contributed by atoms with E-state index in [-0.39, 0.29) is 0 Å². The molecule has 0 bridgehead atoms. The molecular weight excluding hydrogens is 583 g/mol. The number of hydrogen-bond acceptors (Lipinski definition) is 7. The lowest BCUT2D eigenvalue weighted by Crippen LogP contribution is -1.95. The Bertz CT molecular complexity index is 2440. The quantitative estimate of drug-likeness (QED) is 0.196. The molecule has 0 radical (unpaired) electrons. The highest BCUT2D eigenvalue weighted by Crippen LogP contribution is 2.38. The lowest BCUT2D eigenvalue weighted by atomic mass is 10.1. The predicted octanol–water partition coefficient (Wildman–Crippen LogP) is 9.90. The van der Waals surface area contributed by atoms with Crippen molar-refractivity contribution in [1.82, 2.24) is 24.5 Å². The van der Waals surface area contributed by atoms with E-state index in [1.807, 2.05) is 65.7 Å². The summed E-state index contributed by atoms with van der Waals surface area (Å²) in [5.74, 6) is 0.584. The van der Waals surface area contributed by atoms with Gasteiger partial charge in [0.05, 0.1) is 16.7 Å². The Morgan fingerprint density at radius 3 is 2.18 bits per heavy atom. The topological polar surface area (TPSA) is 69.6 Å². The van der Waals surface area contributed by atoms with Gasteiger partial charge in [0.25, 0.3) is 0 Å². The minimum atomic E-state index is 0.584. The molecule has 4 aromatic carbocycles. The highest BCUT2D eigenvalue weighted by atomic mass is 32.1. The van der Waals surface area contributed by atoms with Crippen LogP contribution in [0, 0.1) is 0 Å². The molecule has 8 heteroatoms. The summed E-state index contributed by atoms with van der Waals surface area (Å²) in [6, 6.07) is 33.6. The average Bonchev–Trinajstić information content (AvgIpc) is 3.90. The zero-order valence-electron chi connectivity index (χ0n) is 23.1. The number of fused-ring (bicyclic) bond motifs is 4. The summed E-state index contributed by atoms with van der Waals surface area (Å²) in [7, 11) is 0. The number of oxazole rings is 1. The average molecular weight is 604 g/mol. The minimum absolute atomic E-state index is 0.584. The number of thiazole rings is 2. The second kappa shape index (κ2) is 10.1. The lowest BCUT2D eigenvalue weighted by molar-refractivity contribution is 0.620. The van der Waals surface area contributed by atoms with Crippen molar-refractivity contribution in [2.24, 2.45) is 0 Å². The van der Waals surface area contributed by atoms with E-state index >= 15 is 0 Å². The monoisotopic (exact) mass is 603 g/mol. The fourth-order valence-electron chi connectivity index (χ4n) is 5.82. The number of nitrogens with zero attached hydrogens (tertiary/aromatic N) is 5. The van der Waals surface area contributed by atoms with E-state index < -0.39 is 0 Å². The number of rotatable bonds is 5. The Morgan fingerprint density at radius 1 is 0.568 bits per heavy atom. The molecule has 5 aromatic heterocycles. The van der Waals surface area contributed by atoms with Gasteiger partial charge in [-0.25, -0.2) is 15.0 Å². The van der Waals surface area contributed by atoms with Crippen molar-refractivity contribution in [2.75, 3.05) is 0 Å². The molecule has 0 aliphatic heterocycles. The molecule has 0 fully saturated rings. The van der Waals surface area contributed by atoms with Gasteiger partial charge in [0.2, 0.25) is 5.89 Å². The molecule has 0 saturated carbocycles. The fourth-order valence-corrected chi connectivity index (χ4v) is 7.09. The maximum atomic E-state index is 6.29. The lowest BCUT2D eigenvalue weighted by Gasteiger charge is -2.10. The summed E-state index contributed by atoms with van der Waals surface area (Å²) in [5.41, 5.74) is 9.84. The molecule has 6 nitrogen and oxygen atoms in total. The van der Waals surface area contributed by atoms with Crippen LogP contribution in [0.3, 0.4) is 0 Å². The number of pyridine rings is 1. The van der Waals surface area contributed by atoms with Gasteiger partial charge in [-0.1, -0.05) is 24.3 Å². The summed E-state index contributed by atoms with van der Waals surface area (Å²) in [6.07, 6.45) is 5.50. The third-order valence-electron chi connectivity index (χ3n) is 7.82. The van der Waals surface area contributed by atoms with Gasteiger partial charge in [0.1, 0.15) is 15.5 Å². The molecule has 0 N–H and O–H groups in total. The van der Waals surface area contributed by atoms with Crippen molar-refractivity contribution in [3.63, 3.8) is 0 Å². The van der Waals surface area contributed by atoms with E-state index in [2.05, 4.69) is 80.2 Å². The Morgan fingerprint density at radius 2 is 1.39 bits per heavy atom.